The summed E-state index contributed by atoms with van der Waals surface area (Å²) in [5, 5.41) is 0. The molecule has 0 aliphatic rings. The van der Waals surface area contributed by atoms with Crippen molar-refractivity contribution in [1.29, 1.82) is 0 Å². The van der Waals surface area contributed by atoms with Gasteiger partial charge in [0.25, 0.3) is 0 Å². The molecule has 0 rings (SSSR count). The van der Waals surface area contributed by atoms with Gasteiger partial charge in [-0.3, -0.25) is 0 Å². The fourth-order valence-electron chi connectivity index (χ4n) is 1.64. The van der Waals surface area contributed by atoms with Gasteiger partial charge in [0.15, 0.2) is 0 Å². The zero-order chi connectivity index (χ0) is 10.1. The molecule has 0 saturated carbocycles. The fraction of sp³-hybridized carbons (Fsp3) is 0.846. The van der Waals surface area contributed by atoms with E-state index in [4.69, 9.17) is 0 Å². The van der Waals surface area contributed by atoms with Crippen LogP contribution in [0.25, 0.3) is 0 Å². The Balaban J connectivity index is 3.78. The molecule has 1 atom stereocenters. The van der Waals surface area contributed by atoms with Crippen LogP contribution in [-0.4, -0.2) is 0 Å². The van der Waals surface area contributed by atoms with Crippen LogP contribution in [0.2, 0.25) is 0 Å². The van der Waals surface area contributed by atoms with Crippen molar-refractivity contribution in [2.24, 2.45) is 5.92 Å². The molecular formula is C13H26. The molecule has 0 N–H and O–H groups in total. The van der Waals surface area contributed by atoms with Crippen LogP contribution in [0.3, 0.4) is 0 Å². The number of unbranched alkanes of at least 4 members (excludes halogenated alkanes) is 3. The minimum absolute atomic E-state index is 0.798. The van der Waals surface area contributed by atoms with E-state index in [1.165, 1.54) is 38.5 Å². The fourth-order valence-corrected chi connectivity index (χ4v) is 1.64. The van der Waals surface area contributed by atoms with Crippen LogP contribution < -0.4 is 0 Å². The van der Waals surface area contributed by atoms with E-state index in [1.807, 2.05) is 0 Å². The first-order valence-electron chi connectivity index (χ1n) is 5.95. The average molecular weight is 182 g/mol. The molecule has 0 aliphatic heterocycles. The normalized spacial score (nSPS) is 14.6. The van der Waals surface area contributed by atoms with E-state index in [0.717, 1.165) is 5.92 Å². The Hall–Kier alpha value is -0.260. The highest BCUT2D eigenvalue weighted by Crippen LogP contribution is 2.18. The van der Waals surface area contributed by atoms with Crippen LogP contribution in [0, 0.1) is 5.92 Å². The smallest absolute Gasteiger partial charge is 0.0234 e. The second kappa shape index (κ2) is 8.34. The summed E-state index contributed by atoms with van der Waals surface area (Å²) in [6.07, 6.45) is 10.4. The third-order valence-corrected chi connectivity index (χ3v) is 2.87. The Bertz CT molecular complexity index is 133. The number of rotatable bonds is 7. The summed E-state index contributed by atoms with van der Waals surface area (Å²) in [6.45, 7) is 9.16. The first-order chi connectivity index (χ1) is 6.26. The zero-order valence-corrected chi connectivity index (χ0v) is 9.90. The van der Waals surface area contributed by atoms with Crippen molar-refractivity contribution in [3.8, 4) is 0 Å². The Morgan fingerprint density at radius 1 is 1.15 bits per heavy atom. The largest absolute Gasteiger partial charge is 0.0851 e. The van der Waals surface area contributed by atoms with Crippen molar-refractivity contribution in [2.45, 2.75) is 66.2 Å². The molecule has 0 amide bonds. The molecule has 0 radical (unpaired) electrons. The van der Waals surface area contributed by atoms with Crippen molar-refractivity contribution in [3.05, 3.63) is 11.6 Å². The van der Waals surface area contributed by atoms with E-state index in [0.29, 0.717) is 0 Å². The van der Waals surface area contributed by atoms with Gasteiger partial charge in [-0.15, -0.1) is 0 Å². The Morgan fingerprint density at radius 2 is 1.85 bits per heavy atom. The van der Waals surface area contributed by atoms with Gasteiger partial charge in [-0.1, -0.05) is 52.2 Å². The van der Waals surface area contributed by atoms with Gasteiger partial charge < -0.3 is 0 Å². The molecule has 0 bridgehead atoms. The van der Waals surface area contributed by atoms with Crippen LogP contribution in [0.4, 0.5) is 0 Å². The summed E-state index contributed by atoms with van der Waals surface area (Å²) >= 11 is 0. The van der Waals surface area contributed by atoms with Crippen LogP contribution in [0.1, 0.15) is 66.2 Å². The van der Waals surface area contributed by atoms with Crippen LogP contribution in [-0.2, 0) is 0 Å². The van der Waals surface area contributed by atoms with Gasteiger partial charge in [-0.2, -0.15) is 0 Å². The summed E-state index contributed by atoms with van der Waals surface area (Å²) in [6, 6.07) is 0. The Labute approximate surface area is 84.4 Å². The SMILES string of the molecule is CCCCCC=C(CC)C(C)CC. The van der Waals surface area contributed by atoms with Gasteiger partial charge in [0.2, 0.25) is 0 Å². The second-order valence-electron chi connectivity index (χ2n) is 3.94. The third-order valence-electron chi connectivity index (χ3n) is 2.87. The lowest BCUT2D eigenvalue weighted by molar-refractivity contribution is 0.624. The second-order valence-corrected chi connectivity index (χ2v) is 3.94. The molecule has 0 nitrogen and oxygen atoms in total. The quantitative estimate of drug-likeness (QED) is 0.386. The molecular weight excluding hydrogens is 156 g/mol. The maximum atomic E-state index is 2.48. The molecule has 0 aliphatic carbocycles. The van der Waals surface area contributed by atoms with Gasteiger partial charge in [0.1, 0.15) is 0 Å². The van der Waals surface area contributed by atoms with E-state index < -0.39 is 0 Å². The van der Waals surface area contributed by atoms with E-state index in [2.05, 4.69) is 33.8 Å². The van der Waals surface area contributed by atoms with Gasteiger partial charge in [-0.05, 0) is 31.6 Å². The zero-order valence-electron chi connectivity index (χ0n) is 9.90. The van der Waals surface area contributed by atoms with Crippen LogP contribution in [0.15, 0.2) is 11.6 Å². The van der Waals surface area contributed by atoms with Crippen molar-refractivity contribution in [3.63, 3.8) is 0 Å². The van der Waals surface area contributed by atoms with Crippen LogP contribution in [0.5, 0.6) is 0 Å². The van der Waals surface area contributed by atoms with E-state index in [-0.39, 0.29) is 0 Å². The van der Waals surface area contributed by atoms with E-state index in [1.54, 1.807) is 5.57 Å². The Morgan fingerprint density at radius 3 is 2.31 bits per heavy atom. The molecule has 78 valence electrons. The third kappa shape index (κ3) is 5.90. The molecule has 0 saturated heterocycles. The summed E-state index contributed by atoms with van der Waals surface area (Å²) in [5.41, 5.74) is 1.67. The molecule has 13 heavy (non-hydrogen) atoms. The number of hydrogen-bond donors (Lipinski definition) is 0. The summed E-state index contributed by atoms with van der Waals surface area (Å²) in [7, 11) is 0. The first kappa shape index (κ1) is 12.7. The lowest BCUT2D eigenvalue weighted by atomic mass is 9.95. The van der Waals surface area contributed by atoms with E-state index in [9.17, 15) is 0 Å². The van der Waals surface area contributed by atoms with Gasteiger partial charge in [0, 0.05) is 0 Å². The highest BCUT2D eigenvalue weighted by molar-refractivity contribution is 5.04. The molecule has 0 heterocycles. The predicted molar refractivity (Wildman–Crippen MR) is 62.0 cm³/mol. The van der Waals surface area contributed by atoms with Crippen molar-refractivity contribution >= 4 is 0 Å². The highest BCUT2D eigenvalue weighted by atomic mass is 14.1. The standard InChI is InChI=1S/C13H26/c1-5-8-9-10-11-13(7-3)12(4)6-2/h11-12H,5-10H2,1-4H3. The molecule has 0 aromatic heterocycles. The van der Waals surface area contributed by atoms with Gasteiger partial charge in [0.05, 0.1) is 0 Å². The topological polar surface area (TPSA) is 0 Å². The molecule has 0 aromatic carbocycles. The monoisotopic (exact) mass is 182 g/mol. The molecule has 1 unspecified atom stereocenters. The molecule has 0 spiro atoms. The van der Waals surface area contributed by atoms with Gasteiger partial charge in [-0.25, -0.2) is 0 Å². The first-order valence-corrected chi connectivity index (χ1v) is 5.95. The average Bonchev–Trinajstić information content (AvgIpc) is 2.17. The minimum Gasteiger partial charge on any atom is -0.0851 e. The highest BCUT2D eigenvalue weighted by Gasteiger charge is 2.02. The maximum absolute atomic E-state index is 2.48. The predicted octanol–water partition coefficient (Wildman–Crippen LogP) is 4.95. The minimum atomic E-state index is 0.798. The lowest BCUT2D eigenvalue weighted by Crippen LogP contribution is -1.96. The summed E-state index contributed by atoms with van der Waals surface area (Å²) in [5.74, 6) is 0.798. The van der Waals surface area contributed by atoms with Crippen molar-refractivity contribution in [2.75, 3.05) is 0 Å². The van der Waals surface area contributed by atoms with Crippen molar-refractivity contribution in [1.82, 2.24) is 0 Å². The van der Waals surface area contributed by atoms with Crippen LogP contribution >= 0.6 is 0 Å². The number of hydrogen-bond acceptors (Lipinski definition) is 0. The number of allylic oxidation sites excluding steroid dienone is 2. The summed E-state index contributed by atoms with van der Waals surface area (Å²) < 4.78 is 0. The molecule has 0 heteroatoms. The maximum Gasteiger partial charge on any atom is -0.0234 e. The Kier molecular flexibility index (Phi) is 8.18. The lowest BCUT2D eigenvalue weighted by Gasteiger charge is -2.11. The van der Waals surface area contributed by atoms with E-state index >= 15 is 0 Å². The molecule has 0 aromatic rings. The molecule has 0 fully saturated rings. The summed E-state index contributed by atoms with van der Waals surface area (Å²) in [4.78, 5) is 0. The van der Waals surface area contributed by atoms with Crippen molar-refractivity contribution < 1.29 is 0 Å². The van der Waals surface area contributed by atoms with Gasteiger partial charge >= 0.3 is 0 Å².